The van der Waals surface area contributed by atoms with Crippen molar-refractivity contribution < 1.29 is 31.8 Å². The highest BCUT2D eigenvalue weighted by Crippen LogP contribution is 2.32. The van der Waals surface area contributed by atoms with Crippen LogP contribution in [0.2, 0.25) is 0 Å². The first-order valence-electron chi connectivity index (χ1n) is 13.1. The van der Waals surface area contributed by atoms with Crippen LogP contribution in [0.15, 0.2) is 24.3 Å². The number of benzene rings is 1. The summed E-state index contributed by atoms with van der Waals surface area (Å²) in [6, 6.07) is 5.72. The highest BCUT2D eigenvalue weighted by molar-refractivity contribution is 7.92. The van der Waals surface area contributed by atoms with Crippen LogP contribution in [0, 0.1) is 17.7 Å². The van der Waals surface area contributed by atoms with Crippen molar-refractivity contribution in [3.05, 3.63) is 41.3 Å². The van der Waals surface area contributed by atoms with Gasteiger partial charge in [0.25, 0.3) is 0 Å². The van der Waals surface area contributed by atoms with E-state index in [4.69, 9.17) is 14.2 Å². The lowest BCUT2D eigenvalue weighted by molar-refractivity contribution is -0.289. The molecule has 218 valence electrons. The van der Waals surface area contributed by atoms with Crippen LogP contribution in [-0.2, 0) is 29.0 Å². The number of carbonyl (C=O) groups excluding carboxylic acids is 1. The van der Waals surface area contributed by atoms with E-state index in [1.54, 1.807) is 46.8 Å². The molecule has 1 aliphatic rings. The normalized spacial score (nSPS) is 19.1. The fourth-order valence-corrected chi connectivity index (χ4v) is 4.53. The number of ether oxygens (including phenoxy) is 3. The Hall–Kier alpha value is -3.07. The largest absolute Gasteiger partial charge is 0.460 e. The number of aromatic nitrogens is 2. The number of hydrogen-bond acceptors (Lipinski definition) is 8. The first-order valence-corrected chi connectivity index (χ1v) is 14.9. The summed E-state index contributed by atoms with van der Waals surface area (Å²) in [4.78, 5) is 21.6. The Labute approximate surface area is 236 Å². The van der Waals surface area contributed by atoms with E-state index in [1.807, 2.05) is 13.8 Å². The summed E-state index contributed by atoms with van der Waals surface area (Å²) in [6.45, 7) is 12.8. The van der Waals surface area contributed by atoms with Crippen molar-refractivity contribution in [2.75, 3.05) is 17.6 Å². The summed E-state index contributed by atoms with van der Waals surface area (Å²) < 4.78 is 56.8. The van der Waals surface area contributed by atoms with Gasteiger partial charge in [0.05, 0.1) is 35.7 Å². The molecule has 0 bridgehead atoms. The summed E-state index contributed by atoms with van der Waals surface area (Å²) in [5.74, 6) is 4.36. The molecule has 0 saturated carbocycles. The summed E-state index contributed by atoms with van der Waals surface area (Å²) in [5.41, 5.74) is 1.31. The van der Waals surface area contributed by atoms with E-state index in [1.165, 1.54) is 19.2 Å². The number of halogens is 1. The highest BCUT2D eigenvalue weighted by atomic mass is 32.2. The molecule has 0 radical (unpaired) electrons. The van der Waals surface area contributed by atoms with E-state index in [9.17, 15) is 17.6 Å². The van der Waals surface area contributed by atoms with Crippen molar-refractivity contribution in [2.24, 2.45) is 0 Å². The van der Waals surface area contributed by atoms with E-state index < -0.39 is 39.4 Å². The molecule has 0 spiro atoms. The van der Waals surface area contributed by atoms with Gasteiger partial charge in [-0.1, -0.05) is 25.7 Å². The molecule has 11 heteroatoms. The smallest absolute Gasteiger partial charge is 0.308 e. The lowest BCUT2D eigenvalue weighted by atomic mass is 9.98. The quantitative estimate of drug-likeness (QED) is 0.357. The molecule has 9 nitrogen and oxygen atoms in total. The van der Waals surface area contributed by atoms with Gasteiger partial charge in [-0.15, -0.1) is 0 Å². The van der Waals surface area contributed by atoms with E-state index in [2.05, 4.69) is 21.8 Å². The molecule has 0 aliphatic carbocycles. The van der Waals surface area contributed by atoms with Crippen molar-refractivity contribution in [3.63, 3.8) is 0 Å². The summed E-state index contributed by atoms with van der Waals surface area (Å²) in [6.07, 6.45) is 0.385. The molecule has 2 heterocycles. The van der Waals surface area contributed by atoms with Gasteiger partial charge in [0.2, 0.25) is 16.0 Å². The molecule has 3 rings (SSSR count). The zero-order chi connectivity index (χ0) is 30.0. The van der Waals surface area contributed by atoms with Gasteiger partial charge in [-0.05, 0) is 64.8 Å². The topological polar surface area (TPSA) is 108 Å². The van der Waals surface area contributed by atoms with E-state index in [0.29, 0.717) is 28.9 Å². The van der Waals surface area contributed by atoms with Crippen molar-refractivity contribution in [1.29, 1.82) is 0 Å². The molecule has 40 heavy (non-hydrogen) atoms. The molecular formula is C29H38FN3O6S. The Morgan fingerprint density at radius 1 is 1.20 bits per heavy atom. The standard InChI is InChI=1S/C29H38FN3O6S/c1-18(2)25-23(15-14-21-16-22(38-29(6,7)37-21)17-24(34)39-28(3,4)5)26(19-10-12-20(30)13-11-19)32-27(31-25)33(8)40(9,35)36/h10-13,18,21-22H,16-17H2,1-9H3. The van der Waals surface area contributed by atoms with Crippen molar-refractivity contribution >= 4 is 21.9 Å². The van der Waals surface area contributed by atoms with Gasteiger partial charge in [-0.25, -0.2) is 27.1 Å². The minimum atomic E-state index is -3.65. The van der Waals surface area contributed by atoms with Gasteiger partial charge in [0, 0.05) is 19.0 Å². The van der Waals surface area contributed by atoms with Crippen LogP contribution in [0.25, 0.3) is 11.3 Å². The SMILES string of the molecule is CC(C)c1nc(N(C)S(C)(=O)=O)nc(-c2ccc(F)cc2)c1C#CC1CC(CC(=O)OC(C)(C)C)OC(C)(C)O1. The second kappa shape index (κ2) is 11.8. The summed E-state index contributed by atoms with van der Waals surface area (Å²) in [5, 5.41) is 0. The van der Waals surface area contributed by atoms with Crippen LogP contribution in [0.5, 0.6) is 0 Å². The molecule has 1 aromatic heterocycles. The minimum Gasteiger partial charge on any atom is -0.460 e. The van der Waals surface area contributed by atoms with Crippen LogP contribution >= 0.6 is 0 Å². The lowest BCUT2D eigenvalue weighted by Gasteiger charge is -2.39. The minimum absolute atomic E-state index is 0.0167. The second-order valence-corrected chi connectivity index (χ2v) is 13.6. The number of carbonyl (C=O) groups is 1. The molecule has 1 fully saturated rings. The average Bonchev–Trinajstić information content (AvgIpc) is 2.79. The fourth-order valence-electron chi connectivity index (χ4n) is 4.15. The maximum absolute atomic E-state index is 13.7. The number of anilines is 1. The van der Waals surface area contributed by atoms with Crippen molar-refractivity contribution in [3.8, 4) is 23.1 Å². The highest BCUT2D eigenvalue weighted by Gasteiger charge is 2.36. The van der Waals surface area contributed by atoms with Crippen LogP contribution in [-0.4, -0.2) is 61.3 Å². The Bertz CT molecular complexity index is 1410. The predicted octanol–water partition coefficient (Wildman–Crippen LogP) is 4.80. The third-order valence-electron chi connectivity index (χ3n) is 5.89. The fraction of sp³-hybridized carbons (Fsp3) is 0.552. The molecule has 0 amide bonds. The van der Waals surface area contributed by atoms with Crippen LogP contribution < -0.4 is 4.31 Å². The monoisotopic (exact) mass is 575 g/mol. The molecular weight excluding hydrogens is 537 g/mol. The number of rotatable bonds is 6. The third-order valence-corrected chi connectivity index (χ3v) is 7.05. The zero-order valence-electron chi connectivity index (χ0n) is 24.5. The van der Waals surface area contributed by atoms with Gasteiger partial charge in [0.15, 0.2) is 5.79 Å². The maximum atomic E-state index is 13.7. The number of esters is 1. The van der Waals surface area contributed by atoms with Crippen LogP contribution in [0.3, 0.4) is 0 Å². The predicted molar refractivity (Wildman–Crippen MR) is 151 cm³/mol. The molecule has 2 aromatic rings. The van der Waals surface area contributed by atoms with Crippen molar-refractivity contribution in [2.45, 2.75) is 90.8 Å². The molecule has 2 atom stereocenters. The van der Waals surface area contributed by atoms with E-state index in [0.717, 1.165) is 10.6 Å². The van der Waals surface area contributed by atoms with E-state index in [-0.39, 0.29) is 24.3 Å². The van der Waals surface area contributed by atoms with E-state index >= 15 is 0 Å². The van der Waals surface area contributed by atoms with Gasteiger partial charge in [0.1, 0.15) is 17.5 Å². The van der Waals surface area contributed by atoms with Crippen molar-refractivity contribution in [1.82, 2.24) is 9.97 Å². The molecule has 0 N–H and O–H groups in total. The molecule has 2 unspecified atom stereocenters. The number of nitrogens with zero attached hydrogens (tertiary/aromatic N) is 3. The third kappa shape index (κ3) is 8.46. The Balaban J connectivity index is 2.07. The van der Waals surface area contributed by atoms with Gasteiger partial charge < -0.3 is 14.2 Å². The Morgan fingerprint density at radius 3 is 2.38 bits per heavy atom. The van der Waals surface area contributed by atoms with Crippen LogP contribution in [0.1, 0.15) is 78.5 Å². The maximum Gasteiger partial charge on any atom is 0.308 e. The van der Waals surface area contributed by atoms with Gasteiger partial charge in [-0.2, -0.15) is 0 Å². The Kier molecular flexibility index (Phi) is 9.29. The van der Waals surface area contributed by atoms with Crippen LogP contribution in [0.4, 0.5) is 10.3 Å². The first kappa shape index (κ1) is 31.5. The first-order chi connectivity index (χ1) is 18.3. The lowest BCUT2D eigenvalue weighted by Crippen LogP contribution is -2.45. The summed E-state index contributed by atoms with van der Waals surface area (Å²) in [7, 11) is -2.27. The number of sulfonamides is 1. The van der Waals surface area contributed by atoms with Gasteiger partial charge >= 0.3 is 5.97 Å². The van der Waals surface area contributed by atoms with Gasteiger partial charge in [-0.3, -0.25) is 4.79 Å². The molecule has 1 saturated heterocycles. The second-order valence-electron chi connectivity index (χ2n) is 11.6. The zero-order valence-corrected chi connectivity index (χ0v) is 25.3. The number of hydrogen-bond donors (Lipinski definition) is 0. The average molecular weight is 576 g/mol. The molecule has 1 aliphatic heterocycles. The molecule has 1 aromatic carbocycles. The summed E-state index contributed by atoms with van der Waals surface area (Å²) >= 11 is 0. The Morgan fingerprint density at radius 2 is 1.82 bits per heavy atom.